The summed E-state index contributed by atoms with van der Waals surface area (Å²) in [5.74, 6) is 1.56. The van der Waals surface area contributed by atoms with E-state index in [1.807, 2.05) is 30.3 Å². The summed E-state index contributed by atoms with van der Waals surface area (Å²) >= 11 is 0. The Morgan fingerprint density at radius 3 is 2.38 bits per heavy atom. The summed E-state index contributed by atoms with van der Waals surface area (Å²) in [5, 5.41) is 0. The molecule has 2 rings (SSSR count). The SMILES string of the molecule is CCCCOc1ccc(OCc2cccn(C)c2=O)cc1. The lowest BCUT2D eigenvalue weighted by atomic mass is 10.3. The summed E-state index contributed by atoms with van der Waals surface area (Å²) in [4.78, 5) is 11.9. The molecule has 0 radical (unpaired) electrons. The number of unbranched alkanes of at least 4 members (excludes halogenated alkanes) is 1. The molecule has 0 saturated carbocycles. The third-order valence-corrected chi connectivity index (χ3v) is 3.19. The molecule has 112 valence electrons. The van der Waals surface area contributed by atoms with Gasteiger partial charge in [0.15, 0.2) is 0 Å². The van der Waals surface area contributed by atoms with Crippen molar-refractivity contribution in [3.8, 4) is 11.5 Å². The maximum Gasteiger partial charge on any atom is 0.256 e. The molecule has 1 aromatic carbocycles. The lowest BCUT2D eigenvalue weighted by Crippen LogP contribution is -2.21. The molecule has 2 aromatic rings. The average molecular weight is 287 g/mol. The molecule has 0 aliphatic rings. The maximum absolute atomic E-state index is 11.9. The number of aromatic nitrogens is 1. The van der Waals surface area contributed by atoms with Gasteiger partial charge in [-0.2, -0.15) is 0 Å². The minimum atomic E-state index is -0.0305. The van der Waals surface area contributed by atoms with E-state index in [9.17, 15) is 4.79 Å². The Morgan fingerprint density at radius 2 is 1.71 bits per heavy atom. The van der Waals surface area contributed by atoms with Crippen LogP contribution in [0.15, 0.2) is 47.4 Å². The van der Waals surface area contributed by atoms with Gasteiger partial charge in [-0.3, -0.25) is 4.79 Å². The van der Waals surface area contributed by atoms with Gasteiger partial charge in [0.1, 0.15) is 18.1 Å². The molecular formula is C17H21NO3. The van der Waals surface area contributed by atoms with E-state index in [1.165, 1.54) is 0 Å². The van der Waals surface area contributed by atoms with Crippen molar-refractivity contribution in [2.45, 2.75) is 26.4 Å². The van der Waals surface area contributed by atoms with Crippen molar-refractivity contribution in [3.63, 3.8) is 0 Å². The molecule has 0 N–H and O–H groups in total. The van der Waals surface area contributed by atoms with Crippen molar-refractivity contribution >= 4 is 0 Å². The van der Waals surface area contributed by atoms with E-state index in [2.05, 4.69) is 6.92 Å². The topological polar surface area (TPSA) is 40.5 Å². The van der Waals surface area contributed by atoms with Crippen LogP contribution in [0.4, 0.5) is 0 Å². The normalized spacial score (nSPS) is 10.4. The number of hydrogen-bond donors (Lipinski definition) is 0. The standard InChI is InChI=1S/C17H21NO3/c1-3-4-12-20-15-7-9-16(10-8-15)21-13-14-6-5-11-18(2)17(14)19/h5-11H,3-4,12-13H2,1-2H3. The van der Waals surface area contributed by atoms with Crippen LogP contribution in [0.3, 0.4) is 0 Å². The maximum atomic E-state index is 11.9. The Kier molecular flexibility index (Phi) is 5.43. The summed E-state index contributed by atoms with van der Waals surface area (Å²) in [6.45, 7) is 3.13. The van der Waals surface area contributed by atoms with Crippen LogP contribution in [0.5, 0.6) is 11.5 Å². The Morgan fingerprint density at radius 1 is 1.05 bits per heavy atom. The fourth-order valence-corrected chi connectivity index (χ4v) is 1.89. The first-order valence-electron chi connectivity index (χ1n) is 7.21. The molecule has 0 bridgehead atoms. The Hall–Kier alpha value is -2.23. The lowest BCUT2D eigenvalue weighted by molar-refractivity contribution is 0.297. The third kappa shape index (κ3) is 4.38. The molecule has 4 nitrogen and oxygen atoms in total. The minimum absolute atomic E-state index is 0.0305. The zero-order chi connectivity index (χ0) is 15.1. The van der Waals surface area contributed by atoms with Crippen LogP contribution in [0.1, 0.15) is 25.3 Å². The van der Waals surface area contributed by atoms with Crippen molar-refractivity contribution in [1.29, 1.82) is 0 Å². The van der Waals surface area contributed by atoms with Gasteiger partial charge in [0.05, 0.1) is 12.2 Å². The van der Waals surface area contributed by atoms with Gasteiger partial charge in [0.25, 0.3) is 5.56 Å². The zero-order valence-corrected chi connectivity index (χ0v) is 12.5. The molecule has 21 heavy (non-hydrogen) atoms. The zero-order valence-electron chi connectivity index (χ0n) is 12.5. The van der Waals surface area contributed by atoms with E-state index in [0.29, 0.717) is 5.56 Å². The molecule has 0 spiro atoms. The van der Waals surface area contributed by atoms with E-state index in [-0.39, 0.29) is 12.2 Å². The summed E-state index contributed by atoms with van der Waals surface area (Å²) < 4.78 is 12.8. The van der Waals surface area contributed by atoms with Gasteiger partial charge in [-0.1, -0.05) is 13.3 Å². The van der Waals surface area contributed by atoms with Gasteiger partial charge in [-0.25, -0.2) is 0 Å². The first-order chi connectivity index (χ1) is 10.2. The lowest BCUT2D eigenvalue weighted by Gasteiger charge is -2.09. The van der Waals surface area contributed by atoms with Gasteiger partial charge >= 0.3 is 0 Å². The smallest absolute Gasteiger partial charge is 0.256 e. The van der Waals surface area contributed by atoms with E-state index in [0.717, 1.165) is 30.9 Å². The predicted octanol–water partition coefficient (Wildman–Crippen LogP) is 3.14. The first kappa shape index (κ1) is 15.2. The van der Waals surface area contributed by atoms with E-state index in [4.69, 9.17) is 9.47 Å². The average Bonchev–Trinajstić information content (AvgIpc) is 2.50. The van der Waals surface area contributed by atoms with E-state index >= 15 is 0 Å². The molecule has 0 aliphatic heterocycles. The van der Waals surface area contributed by atoms with Gasteiger partial charge in [-0.05, 0) is 42.8 Å². The molecule has 0 aliphatic carbocycles. The quantitative estimate of drug-likeness (QED) is 0.735. The number of nitrogens with zero attached hydrogens (tertiary/aromatic N) is 1. The van der Waals surface area contributed by atoms with Gasteiger partial charge in [-0.15, -0.1) is 0 Å². The van der Waals surface area contributed by atoms with Crippen molar-refractivity contribution in [1.82, 2.24) is 4.57 Å². The Labute approximate surface area is 124 Å². The van der Waals surface area contributed by atoms with Gasteiger partial charge in [0, 0.05) is 13.2 Å². The molecular weight excluding hydrogens is 266 g/mol. The van der Waals surface area contributed by atoms with Gasteiger partial charge in [0.2, 0.25) is 0 Å². The fraction of sp³-hybridized carbons (Fsp3) is 0.353. The van der Waals surface area contributed by atoms with Crippen molar-refractivity contribution in [3.05, 3.63) is 58.5 Å². The first-order valence-corrected chi connectivity index (χ1v) is 7.21. The molecule has 1 aromatic heterocycles. The Bertz CT molecular complexity index is 617. The molecule has 4 heteroatoms. The van der Waals surface area contributed by atoms with Crippen molar-refractivity contribution in [2.24, 2.45) is 7.05 Å². The van der Waals surface area contributed by atoms with Crippen LogP contribution in [0, 0.1) is 0 Å². The van der Waals surface area contributed by atoms with Crippen LogP contribution in [0.2, 0.25) is 0 Å². The molecule has 0 amide bonds. The highest BCUT2D eigenvalue weighted by atomic mass is 16.5. The summed E-state index contributed by atoms with van der Waals surface area (Å²) in [6, 6.07) is 11.1. The van der Waals surface area contributed by atoms with Crippen molar-refractivity contribution in [2.75, 3.05) is 6.61 Å². The molecule has 0 saturated heterocycles. The number of rotatable bonds is 7. The van der Waals surface area contributed by atoms with Crippen molar-refractivity contribution < 1.29 is 9.47 Å². The van der Waals surface area contributed by atoms with E-state index < -0.39 is 0 Å². The number of benzene rings is 1. The number of ether oxygens (including phenoxy) is 2. The van der Waals surface area contributed by atoms with Gasteiger partial charge < -0.3 is 14.0 Å². The molecule has 1 heterocycles. The van der Waals surface area contributed by atoms with Crippen LogP contribution >= 0.6 is 0 Å². The number of hydrogen-bond acceptors (Lipinski definition) is 3. The minimum Gasteiger partial charge on any atom is -0.494 e. The van der Waals surface area contributed by atoms with Crippen LogP contribution in [-0.4, -0.2) is 11.2 Å². The number of pyridine rings is 1. The summed E-state index contributed by atoms with van der Waals surface area (Å²) in [7, 11) is 1.73. The second-order valence-electron chi connectivity index (χ2n) is 4.91. The monoisotopic (exact) mass is 287 g/mol. The fourth-order valence-electron chi connectivity index (χ4n) is 1.89. The van der Waals surface area contributed by atoms with Crippen LogP contribution in [-0.2, 0) is 13.7 Å². The Balaban J connectivity index is 1.91. The second-order valence-corrected chi connectivity index (χ2v) is 4.91. The molecule has 0 fully saturated rings. The predicted molar refractivity (Wildman–Crippen MR) is 82.9 cm³/mol. The summed E-state index contributed by atoms with van der Waals surface area (Å²) in [5.41, 5.74) is 0.611. The molecule has 0 atom stereocenters. The molecule has 0 unspecified atom stereocenters. The highest BCUT2D eigenvalue weighted by Gasteiger charge is 2.02. The number of aryl methyl sites for hydroxylation is 1. The highest BCUT2D eigenvalue weighted by Crippen LogP contribution is 2.18. The third-order valence-electron chi connectivity index (χ3n) is 3.19. The largest absolute Gasteiger partial charge is 0.494 e. The van der Waals surface area contributed by atoms with Crippen LogP contribution < -0.4 is 15.0 Å². The summed E-state index contributed by atoms with van der Waals surface area (Å²) in [6.07, 6.45) is 3.90. The van der Waals surface area contributed by atoms with Crippen LogP contribution in [0.25, 0.3) is 0 Å². The second kappa shape index (κ2) is 7.53. The van der Waals surface area contributed by atoms with E-state index in [1.54, 1.807) is 23.9 Å². The highest BCUT2D eigenvalue weighted by molar-refractivity contribution is 5.31.